The van der Waals surface area contributed by atoms with Gasteiger partial charge in [0.05, 0.1) is 6.61 Å². The molecule has 22 heavy (non-hydrogen) atoms. The summed E-state index contributed by atoms with van der Waals surface area (Å²) in [5, 5.41) is 0. The van der Waals surface area contributed by atoms with Crippen LogP contribution in [0.5, 0.6) is 5.75 Å². The molecule has 1 aliphatic carbocycles. The molecule has 0 saturated heterocycles. The summed E-state index contributed by atoms with van der Waals surface area (Å²) < 4.78 is 5.83. The summed E-state index contributed by atoms with van der Waals surface area (Å²) in [4.78, 5) is 0. The van der Waals surface area contributed by atoms with E-state index in [0.29, 0.717) is 5.92 Å². The summed E-state index contributed by atoms with van der Waals surface area (Å²) in [7, 11) is 0. The van der Waals surface area contributed by atoms with Crippen LogP contribution >= 0.6 is 0 Å². The first-order chi connectivity index (χ1) is 10.8. The van der Waals surface area contributed by atoms with Crippen molar-refractivity contribution in [1.29, 1.82) is 0 Å². The van der Waals surface area contributed by atoms with Crippen LogP contribution in [0.2, 0.25) is 0 Å². The van der Waals surface area contributed by atoms with Gasteiger partial charge >= 0.3 is 0 Å². The molecule has 0 heterocycles. The van der Waals surface area contributed by atoms with E-state index in [1.807, 2.05) is 0 Å². The maximum atomic E-state index is 5.83. The molecule has 0 radical (unpaired) electrons. The van der Waals surface area contributed by atoms with Gasteiger partial charge in [-0.25, -0.2) is 0 Å². The molecule has 1 nitrogen and oxygen atoms in total. The maximum Gasteiger partial charge on any atom is 0.119 e. The van der Waals surface area contributed by atoms with Crippen LogP contribution in [0.15, 0.2) is 42.5 Å². The molecule has 0 aromatic heterocycles. The normalized spacial score (nSPS) is 17.4. The number of benzene rings is 1. The first-order valence-electron chi connectivity index (χ1n) is 8.91. The monoisotopic (exact) mass is 298 g/mol. The van der Waals surface area contributed by atoms with Gasteiger partial charge in [-0.1, -0.05) is 76.3 Å². The Morgan fingerprint density at radius 2 is 1.73 bits per heavy atom. The Morgan fingerprint density at radius 3 is 2.41 bits per heavy atom. The lowest BCUT2D eigenvalue weighted by molar-refractivity contribution is 0.304. The molecular weight excluding hydrogens is 268 g/mol. The van der Waals surface area contributed by atoms with E-state index in [1.165, 1.54) is 43.2 Å². The Bertz CT molecular complexity index is 481. The molecule has 0 saturated carbocycles. The summed E-state index contributed by atoms with van der Waals surface area (Å²) in [6.45, 7) is 5.35. The lowest BCUT2D eigenvalue weighted by atomic mass is 9.94. The predicted molar refractivity (Wildman–Crippen MR) is 96.2 cm³/mol. The van der Waals surface area contributed by atoms with Gasteiger partial charge in [0.25, 0.3) is 0 Å². The minimum atomic E-state index is 0.670. The second-order valence-electron chi connectivity index (χ2n) is 6.37. The van der Waals surface area contributed by atoms with Gasteiger partial charge in [0.15, 0.2) is 0 Å². The van der Waals surface area contributed by atoms with Gasteiger partial charge < -0.3 is 4.74 Å². The first kappa shape index (κ1) is 16.9. The molecule has 1 atom stereocenters. The van der Waals surface area contributed by atoms with Crippen LogP contribution in [0.25, 0.3) is 5.57 Å². The zero-order valence-electron chi connectivity index (χ0n) is 14.2. The minimum Gasteiger partial charge on any atom is -0.494 e. The summed E-state index contributed by atoms with van der Waals surface area (Å²) in [6.07, 6.45) is 15.8. The number of allylic oxidation sites excluding steroid dienone is 4. The fourth-order valence-corrected chi connectivity index (χ4v) is 2.76. The predicted octanol–water partition coefficient (Wildman–Crippen LogP) is 6.41. The lowest BCUT2D eigenvalue weighted by Gasteiger charge is -2.12. The quantitative estimate of drug-likeness (QED) is 0.479. The van der Waals surface area contributed by atoms with E-state index in [-0.39, 0.29) is 0 Å². The molecule has 0 spiro atoms. The molecule has 1 aromatic carbocycles. The van der Waals surface area contributed by atoms with E-state index in [1.54, 1.807) is 0 Å². The van der Waals surface area contributed by atoms with E-state index in [9.17, 15) is 0 Å². The van der Waals surface area contributed by atoms with Gasteiger partial charge in [-0.3, -0.25) is 0 Å². The Kier molecular flexibility index (Phi) is 7.28. The van der Waals surface area contributed by atoms with Crippen molar-refractivity contribution in [3.8, 4) is 5.75 Å². The summed E-state index contributed by atoms with van der Waals surface area (Å²) in [5.74, 6) is 1.66. The average Bonchev–Trinajstić information content (AvgIpc) is 2.55. The zero-order valence-corrected chi connectivity index (χ0v) is 14.2. The first-order valence-corrected chi connectivity index (χ1v) is 8.91. The molecule has 1 aromatic rings. The zero-order chi connectivity index (χ0) is 15.6. The Hall–Kier alpha value is -1.50. The maximum absolute atomic E-state index is 5.83. The van der Waals surface area contributed by atoms with Gasteiger partial charge in [-0.2, -0.15) is 0 Å². The summed E-state index contributed by atoms with van der Waals surface area (Å²) in [5.41, 5.74) is 2.62. The fraction of sp³-hybridized carbons (Fsp3) is 0.524. The molecule has 1 heteroatoms. The Balaban J connectivity index is 1.70. The number of hydrogen-bond donors (Lipinski definition) is 0. The van der Waals surface area contributed by atoms with Gasteiger partial charge in [-0.15, -0.1) is 0 Å². The van der Waals surface area contributed by atoms with Crippen molar-refractivity contribution in [3.63, 3.8) is 0 Å². The molecule has 0 bridgehead atoms. The Labute approximate surface area is 136 Å². The van der Waals surface area contributed by atoms with Crippen LogP contribution in [-0.4, -0.2) is 6.61 Å². The largest absolute Gasteiger partial charge is 0.494 e. The van der Waals surface area contributed by atoms with Crippen LogP contribution < -0.4 is 4.74 Å². The number of unbranched alkanes of at least 4 members (excludes halogenated alkanes) is 5. The van der Waals surface area contributed by atoms with Crippen LogP contribution in [0.4, 0.5) is 0 Å². The molecular formula is C21H30O. The molecule has 1 unspecified atom stereocenters. The lowest BCUT2D eigenvalue weighted by Crippen LogP contribution is -1.98. The van der Waals surface area contributed by atoms with Gasteiger partial charge in [-0.05, 0) is 42.0 Å². The molecule has 0 fully saturated rings. The highest BCUT2D eigenvalue weighted by Crippen LogP contribution is 2.25. The second kappa shape index (κ2) is 9.50. The SMILES string of the molecule is CCCCCCCCOc1ccc(C2=CCC(C)C=C2)cc1. The topological polar surface area (TPSA) is 9.23 Å². The van der Waals surface area contributed by atoms with Crippen LogP contribution in [0.3, 0.4) is 0 Å². The van der Waals surface area contributed by atoms with Crippen molar-refractivity contribution in [2.45, 2.75) is 58.8 Å². The van der Waals surface area contributed by atoms with E-state index >= 15 is 0 Å². The third-order valence-electron chi connectivity index (χ3n) is 4.27. The van der Waals surface area contributed by atoms with Gasteiger partial charge in [0.2, 0.25) is 0 Å². The van der Waals surface area contributed by atoms with Crippen LogP contribution in [0, 0.1) is 5.92 Å². The van der Waals surface area contributed by atoms with Crippen molar-refractivity contribution < 1.29 is 4.74 Å². The molecule has 2 rings (SSSR count). The molecule has 0 N–H and O–H groups in total. The molecule has 1 aliphatic rings. The van der Waals surface area contributed by atoms with E-state index in [4.69, 9.17) is 4.74 Å². The van der Waals surface area contributed by atoms with Crippen LogP contribution in [-0.2, 0) is 0 Å². The minimum absolute atomic E-state index is 0.670. The van der Waals surface area contributed by atoms with Crippen molar-refractivity contribution in [2.24, 2.45) is 5.92 Å². The van der Waals surface area contributed by atoms with E-state index in [2.05, 4.69) is 56.3 Å². The third-order valence-corrected chi connectivity index (χ3v) is 4.27. The number of rotatable bonds is 9. The fourth-order valence-electron chi connectivity index (χ4n) is 2.76. The molecule has 0 amide bonds. The highest BCUT2D eigenvalue weighted by atomic mass is 16.5. The third kappa shape index (κ3) is 5.71. The number of ether oxygens (including phenoxy) is 1. The smallest absolute Gasteiger partial charge is 0.119 e. The van der Waals surface area contributed by atoms with Crippen molar-refractivity contribution in [1.82, 2.24) is 0 Å². The van der Waals surface area contributed by atoms with E-state index < -0.39 is 0 Å². The molecule has 0 aliphatic heterocycles. The average molecular weight is 298 g/mol. The summed E-state index contributed by atoms with van der Waals surface area (Å²) in [6, 6.07) is 8.53. The highest BCUT2D eigenvalue weighted by Gasteiger charge is 2.05. The van der Waals surface area contributed by atoms with Crippen molar-refractivity contribution in [3.05, 3.63) is 48.1 Å². The Morgan fingerprint density at radius 1 is 1.00 bits per heavy atom. The number of hydrogen-bond acceptors (Lipinski definition) is 1. The highest BCUT2D eigenvalue weighted by molar-refractivity contribution is 5.75. The molecule has 120 valence electrons. The van der Waals surface area contributed by atoms with Crippen molar-refractivity contribution in [2.75, 3.05) is 6.61 Å². The summed E-state index contributed by atoms with van der Waals surface area (Å²) >= 11 is 0. The standard InChI is InChI=1S/C21H30O/c1-3-4-5-6-7-8-17-22-21-15-13-20(14-16-21)19-11-9-18(2)10-12-19/h9,11-16,18H,3-8,10,17H2,1-2H3. The second-order valence-corrected chi connectivity index (χ2v) is 6.37. The van der Waals surface area contributed by atoms with E-state index in [0.717, 1.165) is 25.2 Å². The van der Waals surface area contributed by atoms with Crippen LogP contribution in [0.1, 0.15) is 64.4 Å². The van der Waals surface area contributed by atoms with Gasteiger partial charge in [0.1, 0.15) is 5.75 Å². The van der Waals surface area contributed by atoms with Gasteiger partial charge in [0, 0.05) is 0 Å². The van der Waals surface area contributed by atoms with Crippen molar-refractivity contribution >= 4 is 5.57 Å².